The largest absolute Gasteiger partial charge is 0.345 e. The minimum atomic E-state index is 0.132. The number of hydrogen-bond donors (Lipinski definition) is 0. The molecule has 1 heterocycles. The zero-order valence-electron chi connectivity index (χ0n) is 10.5. The second kappa shape index (κ2) is 5.99. The molecule has 0 aliphatic heterocycles. The number of hydrogen-bond acceptors (Lipinski definition) is 3. The highest BCUT2D eigenvalue weighted by atomic mass is 32.1. The quantitative estimate of drug-likeness (QED) is 0.792. The van der Waals surface area contributed by atoms with Gasteiger partial charge in [-0.05, 0) is 13.3 Å². The van der Waals surface area contributed by atoms with Gasteiger partial charge in [-0.2, -0.15) is 0 Å². The molecule has 1 amide bonds. The Morgan fingerprint density at radius 3 is 2.81 bits per heavy atom. The van der Waals surface area contributed by atoms with E-state index in [0.29, 0.717) is 0 Å². The number of amides is 1. The normalized spacial score (nSPS) is 12.5. The van der Waals surface area contributed by atoms with Crippen LogP contribution in [0.25, 0.3) is 0 Å². The molecule has 90 valence electrons. The molecule has 0 unspecified atom stereocenters. The van der Waals surface area contributed by atoms with Gasteiger partial charge in [-0.3, -0.25) is 4.79 Å². The molecule has 1 aromatic rings. The van der Waals surface area contributed by atoms with Crippen LogP contribution in [0, 0.1) is 12.8 Å². The summed E-state index contributed by atoms with van der Waals surface area (Å²) in [6.07, 6.45) is 1.82. The van der Waals surface area contributed by atoms with E-state index in [1.165, 1.54) is 4.88 Å². The van der Waals surface area contributed by atoms with Gasteiger partial charge in [0.1, 0.15) is 0 Å². The third kappa shape index (κ3) is 3.30. The minimum absolute atomic E-state index is 0.132. The molecule has 1 atom stereocenters. The molecule has 0 aliphatic rings. The summed E-state index contributed by atoms with van der Waals surface area (Å²) in [4.78, 5) is 19.1. The lowest BCUT2D eigenvalue weighted by atomic mass is 10.1. The van der Waals surface area contributed by atoms with Gasteiger partial charge in [0.2, 0.25) is 5.91 Å². The molecule has 0 aliphatic carbocycles. The molecule has 3 nitrogen and oxygen atoms in total. The maximum Gasteiger partial charge on any atom is 0.225 e. The Labute approximate surface area is 101 Å². The first kappa shape index (κ1) is 13.2. The molecule has 0 spiro atoms. The predicted octanol–water partition coefficient (Wildman–Crippen LogP) is 2.50. The van der Waals surface area contributed by atoms with Gasteiger partial charge in [0.05, 0.1) is 11.2 Å². The van der Waals surface area contributed by atoms with Crippen LogP contribution in [0.4, 0.5) is 0 Å². The average Bonchev–Trinajstić information content (AvgIpc) is 2.69. The smallest absolute Gasteiger partial charge is 0.225 e. The maximum atomic E-state index is 11.8. The first-order valence-corrected chi connectivity index (χ1v) is 6.58. The van der Waals surface area contributed by atoms with E-state index in [2.05, 4.69) is 4.98 Å². The predicted molar refractivity (Wildman–Crippen MR) is 67.6 cm³/mol. The topological polar surface area (TPSA) is 33.2 Å². The first-order valence-electron chi connectivity index (χ1n) is 5.70. The minimum Gasteiger partial charge on any atom is -0.345 e. The second-order valence-electron chi connectivity index (χ2n) is 4.18. The number of nitrogens with zero attached hydrogens (tertiary/aromatic N) is 2. The fourth-order valence-electron chi connectivity index (χ4n) is 1.50. The van der Waals surface area contributed by atoms with Crippen LogP contribution in [-0.2, 0) is 11.2 Å². The Hall–Kier alpha value is -0.900. The van der Waals surface area contributed by atoms with Gasteiger partial charge in [-0.15, -0.1) is 11.3 Å². The number of carbonyl (C=O) groups excluding carboxylic acids is 1. The van der Waals surface area contributed by atoms with Gasteiger partial charge >= 0.3 is 0 Å². The molecule has 0 aromatic carbocycles. The molecule has 1 aromatic heterocycles. The summed E-state index contributed by atoms with van der Waals surface area (Å²) in [6, 6.07) is 0. The van der Waals surface area contributed by atoms with E-state index in [9.17, 15) is 4.79 Å². The van der Waals surface area contributed by atoms with Crippen molar-refractivity contribution in [1.29, 1.82) is 0 Å². The molecule has 0 bridgehead atoms. The van der Waals surface area contributed by atoms with Crippen LogP contribution in [0.15, 0.2) is 5.51 Å². The summed E-state index contributed by atoms with van der Waals surface area (Å²) < 4.78 is 0. The van der Waals surface area contributed by atoms with Crippen molar-refractivity contribution in [2.24, 2.45) is 5.92 Å². The SMILES string of the molecule is CC[C@@H](C)C(=O)N(C)CCc1scnc1C. The standard InChI is InChI=1S/C12H20N2OS/c1-5-9(2)12(15)14(4)7-6-11-10(3)13-8-16-11/h8-9H,5-7H2,1-4H3/t9-/m1/s1. The Bertz CT molecular complexity index is 349. The van der Waals surface area contributed by atoms with Crippen molar-refractivity contribution in [3.8, 4) is 0 Å². The van der Waals surface area contributed by atoms with Gasteiger partial charge in [0, 0.05) is 30.8 Å². The summed E-state index contributed by atoms with van der Waals surface area (Å²) in [6.45, 7) is 6.83. The Kier molecular flexibility index (Phi) is 4.93. The lowest BCUT2D eigenvalue weighted by molar-refractivity contribution is -0.133. The first-order chi connectivity index (χ1) is 7.56. The van der Waals surface area contributed by atoms with Crippen molar-refractivity contribution in [3.63, 3.8) is 0 Å². The van der Waals surface area contributed by atoms with Crippen molar-refractivity contribution in [1.82, 2.24) is 9.88 Å². The van der Waals surface area contributed by atoms with Crippen molar-refractivity contribution >= 4 is 17.2 Å². The highest BCUT2D eigenvalue weighted by Gasteiger charge is 2.15. The third-order valence-electron chi connectivity index (χ3n) is 2.93. The fraction of sp³-hybridized carbons (Fsp3) is 0.667. The van der Waals surface area contributed by atoms with Crippen LogP contribution >= 0.6 is 11.3 Å². The molecule has 1 rings (SSSR count). The van der Waals surface area contributed by atoms with Crippen LogP contribution in [0.1, 0.15) is 30.8 Å². The van der Waals surface area contributed by atoms with Crippen molar-refractivity contribution in [3.05, 3.63) is 16.1 Å². The number of thiazole rings is 1. The third-order valence-corrected chi connectivity index (χ3v) is 3.92. The number of aryl methyl sites for hydroxylation is 1. The summed E-state index contributed by atoms with van der Waals surface area (Å²) >= 11 is 1.67. The van der Waals surface area contributed by atoms with Gasteiger partial charge in [-0.25, -0.2) is 4.98 Å². The molecule has 0 radical (unpaired) electrons. The fourth-order valence-corrected chi connectivity index (χ4v) is 2.27. The van der Waals surface area contributed by atoms with Gasteiger partial charge in [0.25, 0.3) is 0 Å². The number of carbonyl (C=O) groups is 1. The van der Waals surface area contributed by atoms with E-state index in [4.69, 9.17) is 0 Å². The van der Waals surface area contributed by atoms with E-state index >= 15 is 0 Å². The molecule has 0 saturated heterocycles. The summed E-state index contributed by atoms with van der Waals surface area (Å²) in [5, 5.41) is 0. The highest BCUT2D eigenvalue weighted by Crippen LogP contribution is 2.13. The molecule has 0 fully saturated rings. The molecule has 4 heteroatoms. The number of likely N-dealkylation sites (N-methyl/N-ethyl adjacent to an activating group) is 1. The van der Waals surface area contributed by atoms with E-state index in [-0.39, 0.29) is 11.8 Å². The monoisotopic (exact) mass is 240 g/mol. The zero-order chi connectivity index (χ0) is 12.1. The highest BCUT2D eigenvalue weighted by molar-refractivity contribution is 7.09. The molecule has 16 heavy (non-hydrogen) atoms. The van der Waals surface area contributed by atoms with E-state index in [1.54, 1.807) is 11.3 Å². The van der Waals surface area contributed by atoms with Crippen LogP contribution in [0.3, 0.4) is 0 Å². The van der Waals surface area contributed by atoms with Gasteiger partial charge < -0.3 is 4.90 Å². The van der Waals surface area contributed by atoms with Crippen LogP contribution < -0.4 is 0 Å². The van der Waals surface area contributed by atoms with E-state index in [1.807, 2.05) is 38.2 Å². The number of rotatable bonds is 5. The average molecular weight is 240 g/mol. The Morgan fingerprint density at radius 2 is 2.31 bits per heavy atom. The maximum absolute atomic E-state index is 11.8. The second-order valence-corrected chi connectivity index (χ2v) is 5.12. The zero-order valence-corrected chi connectivity index (χ0v) is 11.3. The Morgan fingerprint density at radius 1 is 1.62 bits per heavy atom. The van der Waals surface area contributed by atoms with Crippen LogP contribution in [-0.4, -0.2) is 29.4 Å². The molecule has 0 saturated carbocycles. The van der Waals surface area contributed by atoms with Gasteiger partial charge in [-0.1, -0.05) is 13.8 Å². The summed E-state index contributed by atoms with van der Waals surface area (Å²) in [5.41, 5.74) is 2.95. The van der Waals surface area contributed by atoms with Crippen molar-refractivity contribution in [2.45, 2.75) is 33.6 Å². The Balaban J connectivity index is 2.44. The van der Waals surface area contributed by atoms with Crippen LogP contribution in [0.2, 0.25) is 0 Å². The molecular formula is C12H20N2OS. The summed E-state index contributed by atoms with van der Waals surface area (Å²) in [5.74, 6) is 0.372. The van der Waals surface area contributed by atoms with E-state index in [0.717, 1.165) is 25.1 Å². The van der Waals surface area contributed by atoms with Crippen molar-refractivity contribution < 1.29 is 4.79 Å². The van der Waals surface area contributed by atoms with E-state index < -0.39 is 0 Å². The summed E-state index contributed by atoms with van der Waals surface area (Å²) in [7, 11) is 1.88. The van der Waals surface area contributed by atoms with Crippen molar-refractivity contribution in [2.75, 3.05) is 13.6 Å². The van der Waals surface area contributed by atoms with Gasteiger partial charge in [0.15, 0.2) is 0 Å². The molecule has 0 N–H and O–H groups in total. The number of aromatic nitrogens is 1. The lowest BCUT2D eigenvalue weighted by Gasteiger charge is -2.20. The lowest BCUT2D eigenvalue weighted by Crippen LogP contribution is -2.33. The van der Waals surface area contributed by atoms with Crippen LogP contribution in [0.5, 0.6) is 0 Å². The molecular weight excluding hydrogens is 220 g/mol.